The van der Waals surface area contributed by atoms with Gasteiger partial charge in [-0.05, 0) is 30.7 Å². The number of aromatic nitrogens is 1. The van der Waals surface area contributed by atoms with Gasteiger partial charge in [0.1, 0.15) is 10.7 Å². The predicted octanol–water partition coefficient (Wildman–Crippen LogP) is 1.92. The van der Waals surface area contributed by atoms with Crippen LogP contribution in [0.4, 0.5) is 5.82 Å². The van der Waals surface area contributed by atoms with Gasteiger partial charge < -0.3 is 5.32 Å². The Bertz CT molecular complexity index is 309. The van der Waals surface area contributed by atoms with E-state index in [1.54, 1.807) is 18.0 Å². The lowest BCUT2D eigenvalue weighted by atomic mass is 10.2. The number of anilines is 1. The minimum atomic E-state index is -0.436. The average molecular weight is 208 g/mol. The van der Waals surface area contributed by atoms with Crippen molar-refractivity contribution in [3.05, 3.63) is 24.4 Å². The van der Waals surface area contributed by atoms with E-state index >= 15 is 0 Å². The first-order chi connectivity index (χ1) is 6.85. The van der Waals surface area contributed by atoms with Crippen LogP contribution in [-0.4, -0.2) is 21.9 Å². The normalized spacial score (nSPS) is 26.0. The molecule has 1 aliphatic heterocycles. The summed E-state index contributed by atoms with van der Waals surface area (Å²) in [5.74, 6) is 1.81. The summed E-state index contributed by atoms with van der Waals surface area (Å²) in [6, 6.07) is 5.65. The van der Waals surface area contributed by atoms with Crippen LogP contribution in [0.5, 0.6) is 0 Å². The van der Waals surface area contributed by atoms with Crippen LogP contribution in [0.3, 0.4) is 0 Å². The van der Waals surface area contributed by atoms with Gasteiger partial charge in [0, 0.05) is 6.20 Å². The van der Waals surface area contributed by atoms with Gasteiger partial charge in [0.05, 0.1) is 0 Å². The molecule has 1 atom stereocenters. The van der Waals surface area contributed by atoms with Crippen LogP contribution in [-0.2, 0) is 4.79 Å². The maximum atomic E-state index is 11.0. The van der Waals surface area contributed by atoms with Crippen LogP contribution in [0.15, 0.2) is 24.4 Å². The number of nitrogens with one attached hydrogen (secondary N) is 1. The topological polar surface area (TPSA) is 42.0 Å². The van der Waals surface area contributed by atoms with E-state index < -0.39 is 4.87 Å². The standard InChI is InChI=1S/C10H12N2OS/c13-8-10(5-3-7-14-10)12-9-4-1-2-6-11-9/h1-2,4,6,8H,3,5,7H2,(H,11,12). The van der Waals surface area contributed by atoms with Crippen LogP contribution < -0.4 is 5.32 Å². The van der Waals surface area contributed by atoms with E-state index in [0.717, 1.165) is 30.7 Å². The molecule has 0 saturated carbocycles. The van der Waals surface area contributed by atoms with Gasteiger partial charge in [0.15, 0.2) is 6.29 Å². The Balaban J connectivity index is 2.12. The molecular weight excluding hydrogens is 196 g/mol. The zero-order valence-corrected chi connectivity index (χ0v) is 8.59. The summed E-state index contributed by atoms with van der Waals surface area (Å²) in [5.41, 5.74) is 0. The van der Waals surface area contributed by atoms with Crippen LogP contribution in [0.25, 0.3) is 0 Å². The molecule has 1 fully saturated rings. The van der Waals surface area contributed by atoms with Gasteiger partial charge in [0.2, 0.25) is 0 Å². The number of carbonyl (C=O) groups is 1. The Hall–Kier alpha value is -1.03. The number of hydrogen-bond acceptors (Lipinski definition) is 4. The third-order valence-corrected chi connectivity index (χ3v) is 3.66. The van der Waals surface area contributed by atoms with Crippen molar-refractivity contribution < 1.29 is 4.79 Å². The lowest BCUT2D eigenvalue weighted by Crippen LogP contribution is -2.33. The number of aldehydes is 1. The van der Waals surface area contributed by atoms with Crippen LogP contribution >= 0.6 is 11.8 Å². The molecule has 2 heterocycles. The van der Waals surface area contributed by atoms with Crippen molar-refractivity contribution in [3.8, 4) is 0 Å². The zero-order valence-electron chi connectivity index (χ0n) is 7.77. The van der Waals surface area contributed by atoms with Crippen molar-refractivity contribution in [1.82, 2.24) is 4.98 Å². The van der Waals surface area contributed by atoms with Crippen molar-refractivity contribution in [3.63, 3.8) is 0 Å². The van der Waals surface area contributed by atoms with Crippen molar-refractivity contribution in [2.45, 2.75) is 17.7 Å². The molecule has 1 unspecified atom stereocenters. The van der Waals surface area contributed by atoms with Gasteiger partial charge in [-0.15, -0.1) is 11.8 Å². The van der Waals surface area contributed by atoms with E-state index in [-0.39, 0.29) is 0 Å². The molecule has 3 nitrogen and oxygen atoms in total. The summed E-state index contributed by atoms with van der Waals surface area (Å²) >= 11 is 1.67. The quantitative estimate of drug-likeness (QED) is 0.770. The summed E-state index contributed by atoms with van der Waals surface area (Å²) in [4.78, 5) is 14.7. The minimum absolute atomic E-state index is 0.436. The molecule has 2 rings (SSSR count). The molecule has 14 heavy (non-hydrogen) atoms. The smallest absolute Gasteiger partial charge is 0.155 e. The monoisotopic (exact) mass is 208 g/mol. The first-order valence-electron chi connectivity index (χ1n) is 4.64. The zero-order chi connectivity index (χ0) is 9.86. The lowest BCUT2D eigenvalue weighted by Gasteiger charge is -2.22. The van der Waals surface area contributed by atoms with Crippen LogP contribution in [0.1, 0.15) is 12.8 Å². The van der Waals surface area contributed by atoms with E-state index in [1.807, 2.05) is 18.2 Å². The Labute approximate surface area is 87.3 Å². The van der Waals surface area contributed by atoms with Gasteiger partial charge in [-0.2, -0.15) is 0 Å². The Morgan fingerprint density at radius 1 is 1.57 bits per heavy atom. The van der Waals surface area contributed by atoms with Gasteiger partial charge in [0.25, 0.3) is 0 Å². The van der Waals surface area contributed by atoms with Crippen molar-refractivity contribution in [2.24, 2.45) is 0 Å². The van der Waals surface area contributed by atoms with E-state index in [2.05, 4.69) is 10.3 Å². The Morgan fingerprint density at radius 2 is 2.50 bits per heavy atom. The molecule has 0 amide bonds. The highest BCUT2D eigenvalue weighted by Crippen LogP contribution is 2.36. The maximum absolute atomic E-state index is 11.0. The number of nitrogens with zero attached hydrogens (tertiary/aromatic N) is 1. The molecule has 0 spiro atoms. The number of pyridine rings is 1. The molecule has 1 aromatic heterocycles. The Kier molecular flexibility index (Phi) is 2.72. The van der Waals surface area contributed by atoms with Crippen molar-refractivity contribution in [2.75, 3.05) is 11.1 Å². The molecule has 0 aliphatic carbocycles. The predicted molar refractivity (Wildman–Crippen MR) is 58.3 cm³/mol. The molecule has 0 radical (unpaired) electrons. The second-order valence-electron chi connectivity index (χ2n) is 3.30. The Morgan fingerprint density at radius 3 is 3.07 bits per heavy atom. The van der Waals surface area contributed by atoms with Crippen LogP contribution in [0, 0.1) is 0 Å². The second kappa shape index (κ2) is 4.00. The number of hydrogen-bond donors (Lipinski definition) is 1. The highest BCUT2D eigenvalue weighted by molar-refractivity contribution is 8.01. The van der Waals surface area contributed by atoms with Gasteiger partial charge in [-0.1, -0.05) is 6.07 Å². The first kappa shape index (κ1) is 9.52. The van der Waals surface area contributed by atoms with Crippen molar-refractivity contribution >= 4 is 23.9 Å². The number of thioether (sulfide) groups is 1. The lowest BCUT2D eigenvalue weighted by molar-refractivity contribution is -0.109. The average Bonchev–Trinajstić information content (AvgIpc) is 2.69. The number of rotatable bonds is 3. The summed E-state index contributed by atoms with van der Waals surface area (Å²) in [6.45, 7) is 0. The van der Waals surface area contributed by atoms with E-state index in [4.69, 9.17) is 0 Å². The molecule has 1 saturated heterocycles. The molecule has 4 heteroatoms. The fourth-order valence-electron chi connectivity index (χ4n) is 1.54. The number of carbonyl (C=O) groups excluding carboxylic acids is 1. The maximum Gasteiger partial charge on any atom is 0.155 e. The highest BCUT2D eigenvalue weighted by atomic mass is 32.2. The molecule has 74 valence electrons. The molecule has 0 aromatic carbocycles. The van der Waals surface area contributed by atoms with Gasteiger partial charge in [-0.25, -0.2) is 4.98 Å². The largest absolute Gasteiger partial charge is 0.350 e. The molecule has 1 N–H and O–H groups in total. The second-order valence-corrected chi connectivity index (χ2v) is 4.72. The molecule has 1 aromatic rings. The third kappa shape index (κ3) is 1.90. The summed E-state index contributed by atoms with van der Waals surface area (Å²) < 4.78 is 0. The van der Waals surface area contributed by atoms with E-state index in [1.165, 1.54) is 0 Å². The summed E-state index contributed by atoms with van der Waals surface area (Å²) in [7, 11) is 0. The summed E-state index contributed by atoms with van der Waals surface area (Å²) in [5, 5.41) is 3.19. The third-order valence-electron chi connectivity index (χ3n) is 2.25. The van der Waals surface area contributed by atoms with Crippen molar-refractivity contribution in [1.29, 1.82) is 0 Å². The van der Waals surface area contributed by atoms with E-state index in [0.29, 0.717) is 0 Å². The molecular formula is C10H12N2OS. The molecule has 0 bridgehead atoms. The fraction of sp³-hybridized carbons (Fsp3) is 0.400. The highest BCUT2D eigenvalue weighted by Gasteiger charge is 2.34. The SMILES string of the molecule is O=CC1(Nc2ccccn2)CCCS1. The minimum Gasteiger partial charge on any atom is -0.350 e. The summed E-state index contributed by atoms with van der Waals surface area (Å²) in [6.07, 6.45) is 4.70. The van der Waals surface area contributed by atoms with Crippen LogP contribution in [0.2, 0.25) is 0 Å². The fourth-order valence-corrected chi connectivity index (χ4v) is 2.72. The van der Waals surface area contributed by atoms with E-state index in [9.17, 15) is 4.79 Å². The molecule has 1 aliphatic rings. The van der Waals surface area contributed by atoms with Gasteiger partial charge >= 0.3 is 0 Å². The first-order valence-corrected chi connectivity index (χ1v) is 5.63. The van der Waals surface area contributed by atoms with Gasteiger partial charge in [-0.3, -0.25) is 4.79 Å².